The Morgan fingerprint density at radius 3 is 2.15 bits per heavy atom. The summed E-state index contributed by atoms with van der Waals surface area (Å²) in [6, 6.07) is 3.83. The van der Waals surface area contributed by atoms with Gasteiger partial charge in [-0.15, -0.1) is 0 Å². The number of rotatable bonds is 7. The predicted octanol–water partition coefficient (Wildman–Crippen LogP) is 3.72. The number of amides is 2. The Morgan fingerprint density at radius 2 is 1.70 bits per heavy atom. The summed E-state index contributed by atoms with van der Waals surface area (Å²) in [7, 11) is 1.42. The molecule has 2 amide bonds. The molecule has 1 aromatic carbocycles. The van der Waals surface area contributed by atoms with Gasteiger partial charge in [0.25, 0.3) is 5.91 Å². The van der Waals surface area contributed by atoms with E-state index < -0.39 is 29.8 Å². The second-order valence-electron chi connectivity index (χ2n) is 6.62. The highest BCUT2D eigenvalue weighted by Gasteiger charge is 2.30. The molecule has 0 aliphatic rings. The first-order valence-corrected chi connectivity index (χ1v) is 8.29. The quantitative estimate of drug-likeness (QED) is 0.773. The summed E-state index contributed by atoms with van der Waals surface area (Å²) in [6.07, 6.45) is -6.31. The molecular formula is C18H23F3N2O4. The van der Waals surface area contributed by atoms with Gasteiger partial charge in [0.1, 0.15) is 5.78 Å². The van der Waals surface area contributed by atoms with Crippen LogP contribution in [-0.4, -0.2) is 42.4 Å². The summed E-state index contributed by atoms with van der Waals surface area (Å²) in [5, 5.41) is 2.29. The summed E-state index contributed by atoms with van der Waals surface area (Å²) in [4.78, 5) is 36.8. The molecule has 0 spiro atoms. The van der Waals surface area contributed by atoms with Gasteiger partial charge in [0.15, 0.2) is 6.10 Å². The second kappa shape index (κ2) is 9.38. The van der Waals surface area contributed by atoms with Gasteiger partial charge >= 0.3 is 12.3 Å². The molecule has 0 fully saturated rings. The maximum Gasteiger partial charge on any atom is 0.416 e. The topological polar surface area (TPSA) is 75.7 Å². The standard InChI is InChI=1S/C18H23F3N2O4/c1-11(2)9-15(16(25)23(4)10-12(3)24)27-17(26)22-14-7-5-13(6-8-14)18(19,20)21/h5-8,11,15H,9-10H2,1-4H3,(H,22,26)/t15-/m0/s1. The lowest BCUT2D eigenvalue weighted by Gasteiger charge is -2.24. The number of hydrogen-bond donors (Lipinski definition) is 1. The lowest BCUT2D eigenvalue weighted by Crippen LogP contribution is -2.42. The van der Waals surface area contributed by atoms with Gasteiger partial charge < -0.3 is 9.64 Å². The smallest absolute Gasteiger partial charge is 0.416 e. The van der Waals surface area contributed by atoms with Gasteiger partial charge in [-0.1, -0.05) is 13.8 Å². The van der Waals surface area contributed by atoms with Crippen molar-refractivity contribution in [2.24, 2.45) is 5.92 Å². The Labute approximate surface area is 155 Å². The molecule has 0 unspecified atom stereocenters. The van der Waals surface area contributed by atoms with Gasteiger partial charge in [0.05, 0.1) is 12.1 Å². The molecule has 0 heterocycles. The molecule has 0 aliphatic heterocycles. The van der Waals surface area contributed by atoms with E-state index in [4.69, 9.17) is 4.74 Å². The lowest BCUT2D eigenvalue weighted by atomic mass is 10.0. The third kappa shape index (κ3) is 7.67. The summed E-state index contributed by atoms with van der Waals surface area (Å²) in [5.74, 6) is -0.714. The zero-order chi connectivity index (χ0) is 20.8. The van der Waals surface area contributed by atoms with Crippen LogP contribution < -0.4 is 5.32 Å². The number of nitrogens with zero attached hydrogens (tertiary/aromatic N) is 1. The minimum Gasteiger partial charge on any atom is -0.436 e. The van der Waals surface area contributed by atoms with E-state index >= 15 is 0 Å². The summed E-state index contributed by atoms with van der Waals surface area (Å²) in [5.41, 5.74) is -0.749. The number of carbonyl (C=O) groups is 3. The highest BCUT2D eigenvalue weighted by atomic mass is 19.4. The fourth-order valence-corrected chi connectivity index (χ4v) is 2.30. The summed E-state index contributed by atoms with van der Waals surface area (Å²) in [6.45, 7) is 4.89. The van der Waals surface area contributed by atoms with Crippen molar-refractivity contribution in [1.29, 1.82) is 0 Å². The van der Waals surface area contributed by atoms with Crippen LogP contribution in [0.1, 0.15) is 32.8 Å². The monoisotopic (exact) mass is 388 g/mol. The van der Waals surface area contributed by atoms with Crippen molar-refractivity contribution in [3.05, 3.63) is 29.8 Å². The van der Waals surface area contributed by atoms with E-state index in [0.29, 0.717) is 0 Å². The van der Waals surface area contributed by atoms with Crippen LogP contribution in [0.5, 0.6) is 0 Å². The summed E-state index contributed by atoms with van der Waals surface area (Å²) >= 11 is 0. The van der Waals surface area contributed by atoms with Crippen LogP contribution in [0.25, 0.3) is 0 Å². The molecule has 1 atom stereocenters. The van der Waals surface area contributed by atoms with Crippen molar-refractivity contribution in [1.82, 2.24) is 4.90 Å². The number of Topliss-reactive ketones (excluding diaryl/α,β-unsaturated/α-hetero) is 1. The SMILES string of the molecule is CC(=O)CN(C)C(=O)[C@H](CC(C)C)OC(=O)Nc1ccc(C(F)(F)F)cc1. The lowest BCUT2D eigenvalue weighted by molar-refractivity contribution is -0.141. The molecule has 1 rings (SSSR count). The van der Waals surface area contributed by atoms with Crippen molar-refractivity contribution in [2.75, 3.05) is 18.9 Å². The number of ketones is 1. The number of anilines is 1. The van der Waals surface area contributed by atoms with E-state index in [1.807, 2.05) is 13.8 Å². The molecule has 1 aromatic rings. The Hall–Kier alpha value is -2.58. The van der Waals surface area contributed by atoms with Crippen LogP contribution in [0.15, 0.2) is 24.3 Å². The highest BCUT2D eigenvalue weighted by molar-refractivity contribution is 5.90. The van der Waals surface area contributed by atoms with Gasteiger partial charge in [0.2, 0.25) is 0 Å². The van der Waals surface area contributed by atoms with Gasteiger partial charge in [-0.2, -0.15) is 13.2 Å². The van der Waals surface area contributed by atoms with E-state index in [9.17, 15) is 27.6 Å². The average Bonchev–Trinajstić information content (AvgIpc) is 2.52. The zero-order valence-corrected chi connectivity index (χ0v) is 15.6. The molecule has 0 radical (unpaired) electrons. The fourth-order valence-electron chi connectivity index (χ4n) is 2.30. The van der Waals surface area contributed by atoms with Gasteiger partial charge in [-0.25, -0.2) is 4.79 Å². The molecule has 0 bridgehead atoms. The van der Waals surface area contributed by atoms with Gasteiger partial charge in [0, 0.05) is 12.7 Å². The number of likely N-dealkylation sites (N-methyl/N-ethyl adjacent to an activating group) is 1. The highest BCUT2D eigenvalue weighted by Crippen LogP contribution is 2.29. The number of halogens is 3. The van der Waals surface area contributed by atoms with E-state index in [0.717, 1.165) is 24.3 Å². The van der Waals surface area contributed by atoms with Crippen LogP contribution in [0.4, 0.5) is 23.7 Å². The first-order chi connectivity index (χ1) is 12.4. The minimum atomic E-state index is -4.48. The number of hydrogen-bond acceptors (Lipinski definition) is 4. The fraction of sp³-hybridized carbons (Fsp3) is 0.500. The maximum absolute atomic E-state index is 12.6. The molecule has 6 nitrogen and oxygen atoms in total. The van der Waals surface area contributed by atoms with Crippen molar-refractivity contribution >= 4 is 23.5 Å². The van der Waals surface area contributed by atoms with E-state index in [1.165, 1.54) is 18.9 Å². The number of carbonyl (C=O) groups excluding carboxylic acids is 3. The van der Waals surface area contributed by atoms with Crippen LogP contribution in [0, 0.1) is 5.92 Å². The van der Waals surface area contributed by atoms with Crippen molar-refractivity contribution in [2.45, 2.75) is 39.5 Å². The normalized spacial score (nSPS) is 12.4. The van der Waals surface area contributed by atoms with Crippen LogP contribution in [-0.2, 0) is 20.5 Å². The van der Waals surface area contributed by atoms with Crippen molar-refractivity contribution in [3.63, 3.8) is 0 Å². The average molecular weight is 388 g/mol. The van der Waals surface area contributed by atoms with E-state index in [1.54, 1.807) is 0 Å². The van der Waals surface area contributed by atoms with Crippen LogP contribution in [0.2, 0.25) is 0 Å². The number of nitrogens with one attached hydrogen (secondary N) is 1. The molecule has 0 saturated heterocycles. The Kier molecular flexibility index (Phi) is 7.81. The number of benzene rings is 1. The minimum absolute atomic E-state index is 0.0311. The van der Waals surface area contributed by atoms with Crippen LogP contribution >= 0.6 is 0 Å². The summed E-state index contributed by atoms with van der Waals surface area (Å²) < 4.78 is 42.8. The Morgan fingerprint density at radius 1 is 1.15 bits per heavy atom. The zero-order valence-electron chi connectivity index (χ0n) is 15.6. The Bertz CT molecular complexity index is 672. The molecule has 1 N–H and O–H groups in total. The van der Waals surface area contributed by atoms with Gasteiger partial charge in [-0.05, 0) is 43.5 Å². The third-order valence-electron chi connectivity index (χ3n) is 3.50. The van der Waals surface area contributed by atoms with Crippen LogP contribution in [0.3, 0.4) is 0 Å². The number of ether oxygens (including phenoxy) is 1. The molecule has 0 saturated carbocycles. The molecule has 150 valence electrons. The molecular weight excluding hydrogens is 365 g/mol. The number of alkyl halides is 3. The van der Waals surface area contributed by atoms with Crippen molar-refractivity contribution in [3.8, 4) is 0 Å². The van der Waals surface area contributed by atoms with Gasteiger partial charge in [-0.3, -0.25) is 14.9 Å². The largest absolute Gasteiger partial charge is 0.436 e. The molecule has 0 aromatic heterocycles. The molecule has 0 aliphatic carbocycles. The van der Waals surface area contributed by atoms with Crippen molar-refractivity contribution < 1.29 is 32.3 Å². The Balaban J connectivity index is 2.78. The third-order valence-corrected chi connectivity index (χ3v) is 3.50. The van der Waals surface area contributed by atoms with E-state index in [2.05, 4.69) is 5.32 Å². The maximum atomic E-state index is 12.6. The first kappa shape index (κ1) is 22.5. The van der Waals surface area contributed by atoms with E-state index in [-0.39, 0.29) is 30.4 Å². The predicted molar refractivity (Wildman–Crippen MR) is 93.1 cm³/mol. The first-order valence-electron chi connectivity index (χ1n) is 8.29. The second-order valence-corrected chi connectivity index (χ2v) is 6.62. The molecule has 9 heteroatoms. The molecule has 27 heavy (non-hydrogen) atoms.